The van der Waals surface area contributed by atoms with Gasteiger partial charge in [0.05, 0.1) is 5.69 Å². The van der Waals surface area contributed by atoms with Gasteiger partial charge in [0.1, 0.15) is 23.0 Å². The zero-order valence-corrected chi connectivity index (χ0v) is 15.4. The summed E-state index contributed by atoms with van der Waals surface area (Å²) in [4.78, 5) is 31.4. The number of amides is 2. The highest BCUT2D eigenvalue weighted by atomic mass is 19.1. The molecule has 2 heterocycles. The summed E-state index contributed by atoms with van der Waals surface area (Å²) in [5, 5.41) is 2.26. The minimum absolute atomic E-state index is 0.00265. The molecule has 6 nitrogen and oxygen atoms in total. The van der Waals surface area contributed by atoms with Crippen LogP contribution in [0.25, 0.3) is 0 Å². The number of halogens is 2. The quantitative estimate of drug-likeness (QED) is 0.871. The molecule has 2 amide bonds. The van der Waals surface area contributed by atoms with Gasteiger partial charge in [0, 0.05) is 19.6 Å². The number of aromatic nitrogens is 2. The largest absolute Gasteiger partial charge is 0.338 e. The van der Waals surface area contributed by atoms with Gasteiger partial charge in [-0.1, -0.05) is 6.07 Å². The first-order chi connectivity index (χ1) is 13.0. The first-order valence-corrected chi connectivity index (χ1v) is 9.11. The molecule has 0 aliphatic carbocycles. The van der Waals surface area contributed by atoms with E-state index >= 15 is 0 Å². The number of hydrogen-bond donors (Lipinski definition) is 1. The molecule has 0 saturated heterocycles. The number of nitrogens with one attached hydrogen (secondary N) is 1. The van der Waals surface area contributed by atoms with Gasteiger partial charge < -0.3 is 14.8 Å². The number of nitrogens with zero attached hydrogens (tertiary/aromatic N) is 3. The van der Waals surface area contributed by atoms with E-state index in [4.69, 9.17) is 0 Å². The Bertz CT molecular complexity index is 855. The number of hydrogen-bond acceptors (Lipinski definition) is 3. The molecule has 8 heteroatoms. The van der Waals surface area contributed by atoms with Crippen LogP contribution in [-0.4, -0.2) is 39.4 Å². The minimum Gasteiger partial charge on any atom is -0.338 e. The highest BCUT2D eigenvalue weighted by molar-refractivity contribution is 6.03. The molecule has 2 aromatic rings. The van der Waals surface area contributed by atoms with Gasteiger partial charge in [0.2, 0.25) is 0 Å². The van der Waals surface area contributed by atoms with Crippen molar-refractivity contribution in [3.63, 3.8) is 0 Å². The monoisotopic (exact) mass is 376 g/mol. The summed E-state index contributed by atoms with van der Waals surface area (Å²) in [5.41, 5.74) is 0.433. The van der Waals surface area contributed by atoms with E-state index in [1.54, 1.807) is 9.47 Å². The van der Waals surface area contributed by atoms with Crippen LogP contribution in [0.2, 0.25) is 0 Å². The molecule has 1 aromatic carbocycles. The summed E-state index contributed by atoms with van der Waals surface area (Å²) < 4.78 is 29.4. The third-order valence-corrected chi connectivity index (χ3v) is 4.78. The van der Waals surface area contributed by atoms with Crippen molar-refractivity contribution < 1.29 is 18.4 Å². The fraction of sp³-hybridized carbons (Fsp3) is 0.421. The van der Waals surface area contributed by atoms with Crippen LogP contribution in [0.3, 0.4) is 0 Å². The van der Waals surface area contributed by atoms with Crippen LogP contribution in [0.1, 0.15) is 53.5 Å². The maximum atomic E-state index is 13.9. The van der Waals surface area contributed by atoms with Gasteiger partial charge >= 0.3 is 0 Å². The van der Waals surface area contributed by atoms with Crippen molar-refractivity contribution in [1.82, 2.24) is 14.5 Å². The van der Waals surface area contributed by atoms with E-state index in [-0.39, 0.29) is 17.4 Å². The number of rotatable bonds is 5. The van der Waals surface area contributed by atoms with E-state index in [2.05, 4.69) is 10.3 Å². The van der Waals surface area contributed by atoms with Crippen molar-refractivity contribution in [3.05, 3.63) is 47.0 Å². The Morgan fingerprint density at radius 2 is 1.85 bits per heavy atom. The average Bonchev–Trinajstić information content (AvgIpc) is 3.05. The number of anilines is 1. The van der Waals surface area contributed by atoms with E-state index in [9.17, 15) is 18.4 Å². The summed E-state index contributed by atoms with van der Waals surface area (Å²) in [6.07, 6.45) is 2.38. The Labute approximate surface area is 156 Å². The van der Waals surface area contributed by atoms with Crippen LogP contribution in [-0.2, 0) is 13.0 Å². The second-order valence-corrected chi connectivity index (χ2v) is 6.37. The Balaban J connectivity index is 1.98. The van der Waals surface area contributed by atoms with Gasteiger partial charge in [0.15, 0.2) is 5.82 Å². The molecular weight excluding hydrogens is 354 g/mol. The fourth-order valence-electron chi connectivity index (χ4n) is 3.33. The number of carbonyl (C=O) groups is 2. The Kier molecular flexibility index (Phi) is 5.53. The molecule has 1 N–H and O–H groups in total. The molecule has 27 heavy (non-hydrogen) atoms. The molecule has 0 saturated carbocycles. The molecule has 3 rings (SSSR count). The summed E-state index contributed by atoms with van der Waals surface area (Å²) in [5.74, 6) is -2.70. The number of imidazole rings is 1. The summed E-state index contributed by atoms with van der Waals surface area (Å²) >= 11 is 0. The zero-order valence-electron chi connectivity index (χ0n) is 15.4. The third kappa shape index (κ3) is 3.56. The van der Waals surface area contributed by atoms with Crippen LogP contribution in [0, 0.1) is 11.6 Å². The van der Waals surface area contributed by atoms with Crippen molar-refractivity contribution >= 4 is 17.5 Å². The molecule has 0 bridgehead atoms. The van der Waals surface area contributed by atoms with Crippen LogP contribution in [0.4, 0.5) is 14.5 Å². The van der Waals surface area contributed by atoms with Gasteiger partial charge in [-0.2, -0.15) is 0 Å². The molecule has 0 unspecified atom stereocenters. The van der Waals surface area contributed by atoms with E-state index in [1.165, 1.54) is 6.07 Å². The minimum atomic E-state index is -0.867. The van der Waals surface area contributed by atoms with Gasteiger partial charge in [-0.25, -0.2) is 13.8 Å². The predicted molar refractivity (Wildman–Crippen MR) is 96.7 cm³/mol. The average molecular weight is 376 g/mol. The number of carbonyl (C=O) groups excluding carboxylic acids is 2. The molecule has 1 aliphatic heterocycles. The van der Waals surface area contributed by atoms with Crippen molar-refractivity contribution in [3.8, 4) is 0 Å². The summed E-state index contributed by atoms with van der Waals surface area (Å²) in [6.45, 7) is 5.35. The van der Waals surface area contributed by atoms with Crippen molar-refractivity contribution in [1.29, 1.82) is 0 Å². The second kappa shape index (κ2) is 7.85. The molecule has 0 radical (unpaired) electrons. The second-order valence-electron chi connectivity index (χ2n) is 6.37. The lowest BCUT2D eigenvalue weighted by Crippen LogP contribution is -2.31. The molecule has 1 aromatic heterocycles. The topological polar surface area (TPSA) is 67.2 Å². The van der Waals surface area contributed by atoms with Gasteiger partial charge in [-0.05, 0) is 45.2 Å². The SMILES string of the molecule is CCN(CC)C(=O)c1nc(C(=O)Nc2c(F)cccc2F)n2c1CCCC2. The van der Waals surface area contributed by atoms with Gasteiger partial charge in [0.25, 0.3) is 11.8 Å². The molecule has 0 atom stereocenters. The zero-order chi connectivity index (χ0) is 19.6. The van der Waals surface area contributed by atoms with Crippen LogP contribution < -0.4 is 5.32 Å². The first kappa shape index (κ1) is 19.0. The highest BCUT2D eigenvalue weighted by Crippen LogP contribution is 2.24. The highest BCUT2D eigenvalue weighted by Gasteiger charge is 2.29. The lowest BCUT2D eigenvalue weighted by molar-refractivity contribution is 0.0766. The van der Waals surface area contributed by atoms with E-state index < -0.39 is 23.2 Å². The molecular formula is C19H22F2N4O2. The van der Waals surface area contributed by atoms with Crippen LogP contribution >= 0.6 is 0 Å². The van der Waals surface area contributed by atoms with E-state index in [0.717, 1.165) is 25.0 Å². The van der Waals surface area contributed by atoms with Gasteiger partial charge in [-0.3, -0.25) is 9.59 Å². The van der Waals surface area contributed by atoms with Crippen molar-refractivity contribution in [2.24, 2.45) is 0 Å². The Morgan fingerprint density at radius 1 is 1.19 bits per heavy atom. The molecule has 0 fully saturated rings. The summed E-state index contributed by atoms with van der Waals surface area (Å²) in [6, 6.07) is 3.35. The van der Waals surface area contributed by atoms with E-state index in [0.29, 0.717) is 31.7 Å². The Morgan fingerprint density at radius 3 is 2.48 bits per heavy atom. The summed E-state index contributed by atoms with van der Waals surface area (Å²) in [7, 11) is 0. The maximum absolute atomic E-state index is 13.9. The molecule has 0 spiro atoms. The smallest absolute Gasteiger partial charge is 0.291 e. The lowest BCUT2D eigenvalue weighted by Gasteiger charge is -2.20. The normalized spacial score (nSPS) is 13.2. The number of fused-ring (bicyclic) bond motifs is 1. The van der Waals surface area contributed by atoms with Crippen molar-refractivity contribution in [2.45, 2.75) is 39.7 Å². The predicted octanol–water partition coefficient (Wildman–Crippen LogP) is 3.23. The number of benzene rings is 1. The maximum Gasteiger partial charge on any atom is 0.291 e. The molecule has 1 aliphatic rings. The number of para-hydroxylation sites is 1. The Hall–Kier alpha value is -2.77. The lowest BCUT2D eigenvalue weighted by atomic mass is 10.1. The van der Waals surface area contributed by atoms with Crippen molar-refractivity contribution in [2.75, 3.05) is 18.4 Å². The van der Waals surface area contributed by atoms with Crippen LogP contribution in [0.5, 0.6) is 0 Å². The standard InChI is InChI=1S/C19H22F2N4O2/c1-3-24(4-2)19(27)16-14-10-5-6-11-25(14)17(22-16)18(26)23-15-12(20)8-7-9-13(15)21/h7-9H,3-6,10-11H2,1-2H3,(H,23,26). The fourth-order valence-corrected chi connectivity index (χ4v) is 3.33. The van der Waals surface area contributed by atoms with E-state index in [1.807, 2.05) is 13.8 Å². The molecule has 144 valence electrons. The third-order valence-electron chi connectivity index (χ3n) is 4.78. The van der Waals surface area contributed by atoms with Gasteiger partial charge in [-0.15, -0.1) is 0 Å². The first-order valence-electron chi connectivity index (χ1n) is 9.11. The van der Waals surface area contributed by atoms with Crippen LogP contribution in [0.15, 0.2) is 18.2 Å².